The minimum absolute atomic E-state index is 1.18. The van der Waals surface area contributed by atoms with Gasteiger partial charge in [0.05, 0.1) is 0 Å². The highest BCUT2D eigenvalue weighted by atomic mass is 14.1. The van der Waals surface area contributed by atoms with Crippen molar-refractivity contribution in [2.24, 2.45) is 0 Å². The van der Waals surface area contributed by atoms with Crippen LogP contribution in [-0.2, 0) is 6.42 Å². The van der Waals surface area contributed by atoms with Gasteiger partial charge in [-0.25, -0.2) is 0 Å². The molecule has 0 heteroatoms. The second-order valence-corrected chi connectivity index (χ2v) is 6.42. The highest BCUT2D eigenvalue weighted by molar-refractivity contribution is 6.17. The molecule has 0 radical (unpaired) electrons. The summed E-state index contributed by atoms with van der Waals surface area (Å²) in [7, 11) is 0. The molecule has 0 N–H and O–H groups in total. The molecular formula is C23H22. The van der Waals surface area contributed by atoms with E-state index < -0.39 is 0 Å². The zero-order chi connectivity index (χ0) is 15.6. The minimum atomic E-state index is 1.18. The van der Waals surface area contributed by atoms with Crippen LogP contribution in [0.3, 0.4) is 0 Å². The molecule has 114 valence electrons. The molecule has 0 nitrogen and oxygen atoms in total. The molecule has 0 unspecified atom stereocenters. The Bertz CT molecular complexity index is 979. The molecule has 0 saturated heterocycles. The molecule has 0 aliphatic rings. The van der Waals surface area contributed by atoms with E-state index in [-0.39, 0.29) is 0 Å². The summed E-state index contributed by atoms with van der Waals surface area (Å²) in [5.41, 5.74) is 1.49. The summed E-state index contributed by atoms with van der Waals surface area (Å²) < 4.78 is 0. The van der Waals surface area contributed by atoms with E-state index in [0.717, 1.165) is 0 Å². The largest absolute Gasteiger partial charge is 0.0654 e. The topological polar surface area (TPSA) is 0 Å². The Hall–Kier alpha value is -2.34. The molecular weight excluding hydrogens is 276 g/mol. The van der Waals surface area contributed by atoms with Crippen LogP contribution in [0, 0.1) is 0 Å². The molecule has 0 amide bonds. The number of benzene rings is 4. The van der Waals surface area contributed by atoms with Gasteiger partial charge in [0.1, 0.15) is 0 Å². The average molecular weight is 298 g/mol. The van der Waals surface area contributed by atoms with Crippen molar-refractivity contribution in [3.63, 3.8) is 0 Å². The first kappa shape index (κ1) is 14.3. The molecule has 0 bridgehead atoms. The fourth-order valence-electron chi connectivity index (χ4n) is 3.70. The third-order valence-electron chi connectivity index (χ3n) is 4.92. The first-order valence-corrected chi connectivity index (χ1v) is 8.70. The quantitative estimate of drug-likeness (QED) is 0.284. The number of aryl methyl sites for hydroxylation is 1. The van der Waals surface area contributed by atoms with E-state index in [1.807, 2.05) is 0 Å². The van der Waals surface area contributed by atoms with Gasteiger partial charge in [0.15, 0.2) is 0 Å². The predicted molar refractivity (Wildman–Crippen MR) is 102 cm³/mol. The van der Waals surface area contributed by atoms with Gasteiger partial charge < -0.3 is 0 Å². The number of unbranched alkanes of at least 4 members (excludes halogenated alkanes) is 2. The average Bonchev–Trinajstić information content (AvgIpc) is 2.61. The van der Waals surface area contributed by atoms with Crippen molar-refractivity contribution in [1.82, 2.24) is 0 Å². The first-order valence-electron chi connectivity index (χ1n) is 8.70. The summed E-state index contributed by atoms with van der Waals surface area (Å²) in [6.45, 7) is 2.27. The second kappa shape index (κ2) is 6.04. The SMILES string of the molecule is CCCCCc1cccc2c1ccc1c3ccccc3ccc21. The summed E-state index contributed by atoms with van der Waals surface area (Å²) in [5.74, 6) is 0. The molecule has 0 aliphatic heterocycles. The lowest BCUT2D eigenvalue weighted by atomic mass is 9.93. The van der Waals surface area contributed by atoms with Gasteiger partial charge in [-0.15, -0.1) is 0 Å². The van der Waals surface area contributed by atoms with Crippen molar-refractivity contribution in [2.45, 2.75) is 32.6 Å². The van der Waals surface area contributed by atoms with E-state index >= 15 is 0 Å². The Morgan fingerprint density at radius 3 is 2.17 bits per heavy atom. The highest BCUT2D eigenvalue weighted by Gasteiger charge is 2.07. The first-order chi connectivity index (χ1) is 11.4. The van der Waals surface area contributed by atoms with Crippen LogP contribution >= 0.6 is 0 Å². The molecule has 0 aliphatic carbocycles. The van der Waals surface area contributed by atoms with Crippen LogP contribution in [0.25, 0.3) is 32.3 Å². The molecule has 0 aromatic heterocycles. The third kappa shape index (κ3) is 2.49. The number of hydrogen-bond donors (Lipinski definition) is 0. The van der Waals surface area contributed by atoms with E-state index in [2.05, 4.69) is 73.7 Å². The maximum atomic E-state index is 2.32. The fourth-order valence-corrected chi connectivity index (χ4v) is 3.70. The summed E-state index contributed by atoms with van der Waals surface area (Å²) >= 11 is 0. The van der Waals surface area contributed by atoms with Crippen molar-refractivity contribution in [1.29, 1.82) is 0 Å². The molecule has 0 spiro atoms. The second-order valence-electron chi connectivity index (χ2n) is 6.42. The van der Waals surface area contributed by atoms with E-state index in [1.54, 1.807) is 0 Å². The Balaban J connectivity index is 1.95. The number of hydrogen-bond acceptors (Lipinski definition) is 0. The molecule has 4 aromatic carbocycles. The van der Waals surface area contributed by atoms with Gasteiger partial charge in [-0.3, -0.25) is 0 Å². The maximum Gasteiger partial charge on any atom is -0.00989 e. The standard InChI is InChI=1S/C23H22/c1-2-3-4-8-17-10-7-12-21-20(17)15-16-22-19-11-6-5-9-18(19)13-14-23(21)22/h5-7,9-16H,2-4,8H2,1H3. The van der Waals surface area contributed by atoms with Crippen molar-refractivity contribution in [3.8, 4) is 0 Å². The van der Waals surface area contributed by atoms with Gasteiger partial charge in [0.25, 0.3) is 0 Å². The summed E-state index contributed by atoms with van der Waals surface area (Å²) in [4.78, 5) is 0. The Morgan fingerprint density at radius 2 is 1.26 bits per heavy atom. The Kier molecular flexibility index (Phi) is 3.75. The summed E-state index contributed by atoms with van der Waals surface area (Å²) in [5, 5.41) is 8.22. The monoisotopic (exact) mass is 298 g/mol. The van der Waals surface area contributed by atoms with Crippen molar-refractivity contribution in [3.05, 3.63) is 72.3 Å². The molecule has 4 rings (SSSR count). The van der Waals surface area contributed by atoms with Gasteiger partial charge >= 0.3 is 0 Å². The lowest BCUT2D eigenvalue weighted by Crippen LogP contribution is -1.89. The van der Waals surface area contributed by atoms with Gasteiger partial charge in [-0.05, 0) is 50.7 Å². The number of fused-ring (bicyclic) bond motifs is 5. The fraction of sp³-hybridized carbons (Fsp3) is 0.217. The highest BCUT2D eigenvalue weighted by Crippen LogP contribution is 2.32. The van der Waals surface area contributed by atoms with Gasteiger partial charge in [0, 0.05) is 0 Å². The Morgan fingerprint density at radius 1 is 0.565 bits per heavy atom. The van der Waals surface area contributed by atoms with Crippen molar-refractivity contribution in [2.75, 3.05) is 0 Å². The lowest BCUT2D eigenvalue weighted by molar-refractivity contribution is 0.720. The van der Waals surface area contributed by atoms with Crippen LogP contribution in [0.5, 0.6) is 0 Å². The van der Waals surface area contributed by atoms with Crippen molar-refractivity contribution >= 4 is 32.3 Å². The van der Waals surface area contributed by atoms with Crippen LogP contribution in [0.15, 0.2) is 66.7 Å². The van der Waals surface area contributed by atoms with E-state index in [4.69, 9.17) is 0 Å². The lowest BCUT2D eigenvalue weighted by Gasteiger charge is -2.11. The summed E-state index contributed by atoms with van der Waals surface area (Å²) in [6.07, 6.45) is 5.06. The third-order valence-corrected chi connectivity index (χ3v) is 4.92. The van der Waals surface area contributed by atoms with Crippen LogP contribution in [0.4, 0.5) is 0 Å². The van der Waals surface area contributed by atoms with E-state index in [0.29, 0.717) is 0 Å². The van der Waals surface area contributed by atoms with Crippen molar-refractivity contribution < 1.29 is 0 Å². The number of rotatable bonds is 4. The molecule has 23 heavy (non-hydrogen) atoms. The molecule has 0 fully saturated rings. The maximum absolute atomic E-state index is 2.32. The molecule has 0 heterocycles. The predicted octanol–water partition coefficient (Wildman–Crippen LogP) is 6.88. The normalized spacial score (nSPS) is 11.5. The van der Waals surface area contributed by atoms with E-state index in [9.17, 15) is 0 Å². The smallest absolute Gasteiger partial charge is 0.00989 e. The van der Waals surface area contributed by atoms with Gasteiger partial charge in [-0.2, -0.15) is 0 Å². The molecule has 0 atom stereocenters. The van der Waals surface area contributed by atoms with Crippen LogP contribution in [-0.4, -0.2) is 0 Å². The van der Waals surface area contributed by atoms with Crippen LogP contribution in [0.2, 0.25) is 0 Å². The molecule has 4 aromatic rings. The van der Waals surface area contributed by atoms with Gasteiger partial charge in [0.2, 0.25) is 0 Å². The Labute approximate surface area is 137 Å². The van der Waals surface area contributed by atoms with Crippen LogP contribution in [0.1, 0.15) is 31.7 Å². The van der Waals surface area contributed by atoms with Gasteiger partial charge in [-0.1, -0.05) is 86.5 Å². The zero-order valence-corrected chi connectivity index (χ0v) is 13.7. The van der Waals surface area contributed by atoms with E-state index in [1.165, 1.54) is 63.6 Å². The summed E-state index contributed by atoms with van der Waals surface area (Å²) in [6, 6.07) is 24.6. The zero-order valence-electron chi connectivity index (χ0n) is 13.7. The van der Waals surface area contributed by atoms with Crippen LogP contribution < -0.4 is 0 Å². The molecule has 0 saturated carbocycles. The minimum Gasteiger partial charge on any atom is -0.0654 e.